The molecule has 0 aliphatic heterocycles. The van der Waals surface area contributed by atoms with Crippen LogP contribution < -0.4 is 5.32 Å². The van der Waals surface area contributed by atoms with Gasteiger partial charge in [-0.25, -0.2) is 4.79 Å². The zero-order chi connectivity index (χ0) is 17.1. The Morgan fingerprint density at radius 3 is 2.43 bits per heavy atom. The van der Waals surface area contributed by atoms with E-state index in [0.29, 0.717) is 30.4 Å². The quantitative estimate of drug-likeness (QED) is 0.538. The number of carbonyl (C=O) groups excluding carboxylic acids is 2. The van der Waals surface area contributed by atoms with Gasteiger partial charge in [-0.05, 0) is 37.6 Å². The van der Waals surface area contributed by atoms with E-state index in [4.69, 9.17) is 16.3 Å². The second-order valence-corrected chi connectivity index (χ2v) is 5.62. The summed E-state index contributed by atoms with van der Waals surface area (Å²) in [6.45, 7) is 5.20. The molecule has 1 N–H and O–H groups in total. The highest BCUT2D eigenvalue weighted by molar-refractivity contribution is 6.30. The van der Waals surface area contributed by atoms with E-state index in [9.17, 15) is 9.59 Å². The number of unbranched alkanes of at least 4 members (excludes halogenated alkanes) is 2. The largest absolute Gasteiger partial charge is 0.466 e. The second kappa shape index (κ2) is 10.9. The van der Waals surface area contributed by atoms with Crippen LogP contribution in [0.1, 0.15) is 39.5 Å². The lowest BCUT2D eigenvalue weighted by Crippen LogP contribution is -2.37. The molecule has 0 atom stereocenters. The number of carbonyl (C=O) groups is 2. The molecule has 1 rings (SSSR count). The van der Waals surface area contributed by atoms with E-state index in [1.54, 1.807) is 36.1 Å². The lowest BCUT2D eigenvalue weighted by Gasteiger charge is -2.22. The van der Waals surface area contributed by atoms with E-state index in [0.717, 1.165) is 19.3 Å². The Morgan fingerprint density at radius 1 is 1.13 bits per heavy atom. The van der Waals surface area contributed by atoms with Crippen molar-refractivity contribution in [3.8, 4) is 0 Å². The summed E-state index contributed by atoms with van der Waals surface area (Å²) in [6.07, 6.45) is 3.23. The lowest BCUT2D eigenvalue weighted by atomic mass is 10.2. The predicted molar refractivity (Wildman–Crippen MR) is 92.8 cm³/mol. The monoisotopic (exact) mass is 340 g/mol. The molecule has 5 nitrogen and oxygen atoms in total. The molecule has 1 aromatic rings. The Bertz CT molecular complexity index is 491. The molecule has 2 amide bonds. The van der Waals surface area contributed by atoms with Crippen LogP contribution in [0, 0.1) is 0 Å². The fourth-order valence-electron chi connectivity index (χ4n) is 2.06. The van der Waals surface area contributed by atoms with Gasteiger partial charge in [0.2, 0.25) is 0 Å². The molecular formula is C17H25ClN2O3. The van der Waals surface area contributed by atoms with Crippen LogP contribution in [-0.2, 0) is 9.53 Å². The maximum atomic E-state index is 12.4. The fourth-order valence-corrected chi connectivity index (χ4v) is 2.19. The summed E-state index contributed by atoms with van der Waals surface area (Å²) in [6, 6.07) is 6.72. The summed E-state index contributed by atoms with van der Waals surface area (Å²) in [5, 5.41) is 3.44. The number of urea groups is 1. The minimum absolute atomic E-state index is 0.202. The third kappa shape index (κ3) is 7.88. The van der Waals surface area contributed by atoms with Crippen LogP contribution in [0.2, 0.25) is 5.02 Å². The smallest absolute Gasteiger partial charge is 0.321 e. The van der Waals surface area contributed by atoms with Gasteiger partial charge in [-0.2, -0.15) is 0 Å². The highest BCUT2D eigenvalue weighted by Gasteiger charge is 2.15. The van der Waals surface area contributed by atoms with E-state index in [-0.39, 0.29) is 18.4 Å². The summed E-state index contributed by atoms with van der Waals surface area (Å²) in [4.78, 5) is 25.5. The van der Waals surface area contributed by atoms with Crippen molar-refractivity contribution in [2.24, 2.45) is 0 Å². The molecule has 23 heavy (non-hydrogen) atoms. The summed E-state index contributed by atoms with van der Waals surface area (Å²) >= 11 is 5.84. The molecule has 1 aromatic carbocycles. The van der Waals surface area contributed by atoms with Gasteiger partial charge in [-0.1, -0.05) is 31.4 Å². The Hall–Kier alpha value is -1.75. The maximum Gasteiger partial charge on any atom is 0.321 e. The maximum absolute atomic E-state index is 12.4. The van der Waals surface area contributed by atoms with Gasteiger partial charge in [-0.15, -0.1) is 0 Å². The molecule has 0 saturated heterocycles. The van der Waals surface area contributed by atoms with Crippen molar-refractivity contribution in [3.63, 3.8) is 0 Å². The van der Waals surface area contributed by atoms with Gasteiger partial charge in [0.1, 0.15) is 0 Å². The number of ether oxygens (including phenoxy) is 1. The molecule has 0 aromatic heterocycles. The molecular weight excluding hydrogens is 316 g/mol. The van der Waals surface area contributed by atoms with Gasteiger partial charge < -0.3 is 15.0 Å². The molecule has 0 heterocycles. The number of esters is 1. The fraction of sp³-hybridized carbons (Fsp3) is 0.529. The lowest BCUT2D eigenvalue weighted by molar-refractivity contribution is -0.143. The SMILES string of the molecule is CCCCCN(CCC(=O)OCC)C(=O)Nc1ccc(Cl)cc1. The van der Waals surface area contributed by atoms with Crippen molar-refractivity contribution in [2.45, 2.75) is 39.5 Å². The van der Waals surface area contributed by atoms with Crippen molar-refractivity contribution in [2.75, 3.05) is 25.0 Å². The molecule has 0 saturated carbocycles. The molecule has 0 fully saturated rings. The van der Waals surface area contributed by atoms with Gasteiger partial charge in [-0.3, -0.25) is 4.79 Å². The first kappa shape index (κ1) is 19.3. The van der Waals surface area contributed by atoms with Gasteiger partial charge >= 0.3 is 12.0 Å². The Morgan fingerprint density at radius 2 is 1.83 bits per heavy atom. The summed E-state index contributed by atoms with van der Waals surface area (Å²) in [5.41, 5.74) is 0.677. The van der Waals surface area contributed by atoms with Gasteiger partial charge in [0.15, 0.2) is 0 Å². The minimum Gasteiger partial charge on any atom is -0.466 e. The van der Waals surface area contributed by atoms with E-state index in [1.165, 1.54) is 0 Å². The number of rotatable bonds is 9. The number of nitrogens with zero attached hydrogens (tertiary/aromatic N) is 1. The van der Waals surface area contributed by atoms with Crippen molar-refractivity contribution in [1.82, 2.24) is 4.90 Å². The molecule has 6 heteroatoms. The average Bonchev–Trinajstić information content (AvgIpc) is 2.53. The molecule has 0 unspecified atom stereocenters. The van der Waals surface area contributed by atoms with Crippen molar-refractivity contribution in [1.29, 1.82) is 0 Å². The number of nitrogens with one attached hydrogen (secondary N) is 1. The molecule has 0 radical (unpaired) electrons. The van der Waals surface area contributed by atoms with Gasteiger partial charge in [0.25, 0.3) is 0 Å². The second-order valence-electron chi connectivity index (χ2n) is 5.19. The summed E-state index contributed by atoms with van der Waals surface area (Å²) in [5.74, 6) is -0.285. The van der Waals surface area contributed by atoms with E-state index in [2.05, 4.69) is 12.2 Å². The zero-order valence-corrected chi connectivity index (χ0v) is 14.6. The summed E-state index contributed by atoms with van der Waals surface area (Å²) < 4.78 is 4.92. The number of anilines is 1. The van der Waals surface area contributed by atoms with Crippen LogP contribution in [0.15, 0.2) is 24.3 Å². The molecule has 0 bridgehead atoms. The standard InChI is InChI=1S/C17H25ClN2O3/c1-3-5-6-12-20(13-11-16(21)23-4-2)17(22)19-15-9-7-14(18)8-10-15/h7-10H,3-6,11-13H2,1-2H3,(H,19,22). The Labute approximate surface area is 142 Å². The number of halogens is 1. The minimum atomic E-state index is -0.285. The van der Waals surface area contributed by atoms with E-state index in [1.807, 2.05) is 0 Å². The van der Waals surface area contributed by atoms with Crippen LogP contribution in [-0.4, -0.2) is 36.6 Å². The van der Waals surface area contributed by atoms with Crippen LogP contribution in [0.25, 0.3) is 0 Å². The summed E-state index contributed by atoms with van der Waals surface area (Å²) in [7, 11) is 0. The number of benzene rings is 1. The average molecular weight is 341 g/mol. The van der Waals surface area contributed by atoms with Gasteiger partial charge in [0.05, 0.1) is 13.0 Å². The highest BCUT2D eigenvalue weighted by Crippen LogP contribution is 2.14. The van der Waals surface area contributed by atoms with Crippen LogP contribution >= 0.6 is 11.6 Å². The third-order valence-corrected chi connectivity index (χ3v) is 3.56. The third-order valence-electron chi connectivity index (χ3n) is 3.31. The van der Waals surface area contributed by atoms with Crippen LogP contribution in [0.5, 0.6) is 0 Å². The topological polar surface area (TPSA) is 58.6 Å². The van der Waals surface area contributed by atoms with Crippen LogP contribution in [0.3, 0.4) is 0 Å². The van der Waals surface area contributed by atoms with Crippen molar-refractivity contribution in [3.05, 3.63) is 29.3 Å². The molecule has 0 spiro atoms. The Kier molecular flexibility index (Phi) is 9.14. The first-order valence-corrected chi connectivity index (χ1v) is 8.41. The highest BCUT2D eigenvalue weighted by atomic mass is 35.5. The van der Waals surface area contributed by atoms with Gasteiger partial charge in [0, 0.05) is 23.8 Å². The molecule has 128 valence electrons. The number of amides is 2. The van der Waals surface area contributed by atoms with E-state index >= 15 is 0 Å². The normalized spacial score (nSPS) is 10.2. The number of hydrogen-bond donors (Lipinski definition) is 1. The Balaban J connectivity index is 2.59. The van der Waals surface area contributed by atoms with Crippen molar-refractivity contribution >= 4 is 29.3 Å². The van der Waals surface area contributed by atoms with Crippen LogP contribution in [0.4, 0.5) is 10.5 Å². The first-order chi connectivity index (χ1) is 11.1. The molecule has 0 aliphatic rings. The van der Waals surface area contributed by atoms with Crippen molar-refractivity contribution < 1.29 is 14.3 Å². The number of hydrogen-bond acceptors (Lipinski definition) is 3. The molecule has 0 aliphatic carbocycles. The first-order valence-electron chi connectivity index (χ1n) is 8.04. The van der Waals surface area contributed by atoms with E-state index < -0.39 is 0 Å². The predicted octanol–water partition coefficient (Wildman–Crippen LogP) is 4.32. The zero-order valence-electron chi connectivity index (χ0n) is 13.8.